The summed E-state index contributed by atoms with van der Waals surface area (Å²) in [5.74, 6) is 1.37. The maximum Gasteiger partial charge on any atom is 0.193 e. The molecule has 122 valence electrons. The Morgan fingerprint density at radius 1 is 1.41 bits per heavy atom. The van der Waals surface area contributed by atoms with Gasteiger partial charge in [-0.25, -0.2) is 4.39 Å². The summed E-state index contributed by atoms with van der Waals surface area (Å²) in [6.45, 7) is 6.80. The van der Waals surface area contributed by atoms with Crippen LogP contribution in [0.5, 0.6) is 0 Å². The van der Waals surface area contributed by atoms with Crippen molar-refractivity contribution in [2.24, 2.45) is 10.9 Å². The Kier molecular flexibility index (Phi) is 6.19. The molecule has 1 atom stereocenters. The lowest BCUT2D eigenvalue weighted by Gasteiger charge is -2.22. The minimum atomic E-state index is -0.197. The molecule has 0 aliphatic carbocycles. The molecular formula is C17H27FN4. The zero-order valence-corrected chi connectivity index (χ0v) is 13.8. The maximum atomic E-state index is 13.0. The van der Waals surface area contributed by atoms with Gasteiger partial charge in [0.05, 0.1) is 0 Å². The first-order chi connectivity index (χ1) is 10.6. The lowest BCUT2D eigenvalue weighted by atomic mass is 10.1. The second-order valence-corrected chi connectivity index (χ2v) is 6.09. The minimum Gasteiger partial charge on any atom is -0.357 e. The summed E-state index contributed by atoms with van der Waals surface area (Å²) in [4.78, 5) is 9.22. The lowest BCUT2D eigenvalue weighted by Crippen LogP contribution is -2.38. The SMILES string of the molecule is CCNC(=NCC1CCN(C)C1)N(C)Cc1ccc(F)cc1. The summed E-state index contributed by atoms with van der Waals surface area (Å²) in [6, 6.07) is 6.64. The van der Waals surface area contributed by atoms with Gasteiger partial charge in [0, 0.05) is 33.2 Å². The molecule has 0 spiro atoms. The van der Waals surface area contributed by atoms with Crippen LogP contribution in [0.1, 0.15) is 18.9 Å². The largest absolute Gasteiger partial charge is 0.357 e. The normalized spacial score (nSPS) is 19.5. The summed E-state index contributed by atoms with van der Waals surface area (Å²) >= 11 is 0. The fraction of sp³-hybridized carbons (Fsp3) is 0.588. The van der Waals surface area contributed by atoms with Crippen LogP contribution in [-0.4, -0.2) is 56.0 Å². The highest BCUT2D eigenvalue weighted by molar-refractivity contribution is 5.79. The maximum absolute atomic E-state index is 13.0. The van der Waals surface area contributed by atoms with Gasteiger partial charge in [-0.15, -0.1) is 0 Å². The van der Waals surface area contributed by atoms with Gasteiger partial charge in [0.1, 0.15) is 5.82 Å². The Morgan fingerprint density at radius 3 is 2.73 bits per heavy atom. The number of guanidine groups is 1. The van der Waals surface area contributed by atoms with Gasteiger partial charge in [0.25, 0.3) is 0 Å². The Hall–Kier alpha value is -1.62. The van der Waals surface area contributed by atoms with Crippen LogP contribution < -0.4 is 5.32 Å². The highest BCUT2D eigenvalue weighted by Gasteiger charge is 2.19. The predicted molar refractivity (Wildman–Crippen MR) is 89.4 cm³/mol. The van der Waals surface area contributed by atoms with E-state index in [4.69, 9.17) is 4.99 Å². The Morgan fingerprint density at radius 2 is 2.14 bits per heavy atom. The molecule has 4 nitrogen and oxygen atoms in total. The van der Waals surface area contributed by atoms with Crippen molar-refractivity contribution in [3.63, 3.8) is 0 Å². The lowest BCUT2D eigenvalue weighted by molar-refractivity contribution is 0.396. The number of aliphatic imine (C=N–C) groups is 1. The van der Waals surface area contributed by atoms with Crippen LogP contribution in [0.3, 0.4) is 0 Å². The molecular weight excluding hydrogens is 279 g/mol. The van der Waals surface area contributed by atoms with E-state index in [1.54, 1.807) is 0 Å². The summed E-state index contributed by atoms with van der Waals surface area (Å²) in [5, 5.41) is 3.34. The topological polar surface area (TPSA) is 30.9 Å². The molecule has 0 bridgehead atoms. The molecule has 1 aromatic rings. The zero-order chi connectivity index (χ0) is 15.9. The first-order valence-electron chi connectivity index (χ1n) is 8.01. The number of benzene rings is 1. The number of hydrogen-bond donors (Lipinski definition) is 1. The molecule has 0 aromatic heterocycles. The fourth-order valence-electron chi connectivity index (χ4n) is 2.80. The molecule has 2 rings (SSSR count). The van der Waals surface area contributed by atoms with Gasteiger partial charge in [0.15, 0.2) is 5.96 Å². The summed E-state index contributed by atoms with van der Waals surface area (Å²) in [5.41, 5.74) is 1.08. The van der Waals surface area contributed by atoms with E-state index in [0.717, 1.165) is 37.7 Å². The molecule has 0 saturated carbocycles. The van der Waals surface area contributed by atoms with E-state index < -0.39 is 0 Å². The number of nitrogens with one attached hydrogen (secondary N) is 1. The van der Waals surface area contributed by atoms with E-state index in [1.807, 2.05) is 19.2 Å². The third-order valence-electron chi connectivity index (χ3n) is 4.02. The van der Waals surface area contributed by atoms with Gasteiger partial charge >= 0.3 is 0 Å². The third-order valence-corrected chi connectivity index (χ3v) is 4.02. The molecule has 1 N–H and O–H groups in total. The van der Waals surface area contributed by atoms with Gasteiger partial charge in [-0.1, -0.05) is 12.1 Å². The summed E-state index contributed by atoms with van der Waals surface area (Å²) in [6.07, 6.45) is 1.22. The van der Waals surface area contributed by atoms with Gasteiger partial charge in [-0.05, 0) is 50.6 Å². The zero-order valence-electron chi connectivity index (χ0n) is 13.8. The molecule has 1 fully saturated rings. The number of nitrogens with zero attached hydrogens (tertiary/aromatic N) is 3. The van der Waals surface area contributed by atoms with Crippen molar-refractivity contribution in [1.29, 1.82) is 0 Å². The van der Waals surface area contributed by atoms with E-state index in [-0.39, 0.29) is 5.82 Å². The number of hydrogen-bond acceptors (Lipinski definition) is 2. The van der Waals surface area contributed by atoms with Crippen molar-refractivity contribution in [3.8, 4) is 0 Å². The van der Waals surface area contributed by atoms with E-state index >= 15 is 0 Å². The highest BCUT2D eigenvalue weighted by atomic mass is 19.1. The van der Waals surface area contributed by atoms with Crippen LogP contribution in [0, 0.1) is 11.7 Å². The Labute approximate surface area is 133 Å². The molecule has 1 saturated heterocycles. The molecule has 1 aliphatic rings. The molecule has 1 unspecified atom stereocenters. The predicted octanol–water partition coefficient (Wildman–Crippen LogP) is 2.17. The van der Waals surface area contributed by atoms with E-state index in [1.165, 1.54) is 25.1 Å². The second kappa shape index (κ2) is 8.13. The molecule has 22 heavy (non-hydrogen) atoms. The van der Waals surface area contributed by atoms with E-state index in [2.05, 4.69) is 29.1 Å². The average molecular weight is 306 g/mol. The Bertz CT molecular complexity index is 486. The van der Waals surface area contributed by atoms with Crippen molar-refractivity contribution in [1.82, 2.24) is 15.1 Å². The average Bonchev–Trinajstić information content (AvgIpc) is 2.91. The van der Waals surface area contributed by atoms with Gasteiger partial charge < -0.3 is 15.1 Å². The van der Waals surface area contributed by atoms with Crippen LogP contribution in [0.15, 0.2) is 29.3 Å². The van der Waals surface area contributed by atoms with Crippen LogP contribution in [0.4, 0.5) is 4.39 Å². The van der Waals surface area contributed by atoms with Crippen LogP contribution in [-0.2, 0) is 6.54 Å². The minimum absolute atomic E-state index is 0.197. The number of halogens is 1. The first-order valence-corrected chi connectivity index (χ1v) is 8.01. The first kappa shape index (κ1) is 16.7. The summed E-state index contributed by atoms with van der Waals surface area (Å²) in [7, 11) is 4.18. The molecule has 1 aliphatic heterocycles. The van der Waals surface area contributed by atoms with Gasteiger partial charge in [0.2, 0.25) is 0 Å². The van der Waals surface area contributed by atoms with Crippen LogP contribution in [0.25, 0.3) is 0 Å². The van der Waals surface area contributed by atoms with Crippen molar-refractivity contribution in [2.75, 3.05) is 40.3 Å². The quantitative estimate of drug-likeness (QED) is 0.668. The monoisotopic (exact) mass is 306 g/mol. The van der Waals surface area contributed by atoms with Gasteiger partial charge in [-0.3, -0.25) is 4.99 Å². The van der Waals surface area contributed by atoms with Gasteiger partial charge in [-0.2, -0.15) is 0 Å². The molecule has 0 amide bonds. The Balaban J connectivity index is 1.94. The van der Waals surface area contributed by atoms with E-state index in [9.17, 15) is 4.39 Å². The number of likely N-dealkylation sites (tertiary alicyclic amines) is 1. The fourth-order valence-corrected chi connectivity index (χ4v) is 2.80. The highest BCUT2D eigenvalue weighted by Crippen LogP contribution is 2.14. The molecule has 5 heteroatoms. The van der Waals surface area contributed by atoms with Crippen LogP contribution >= 0.6 is 0 Å². The van der Waals surface area contributed by atoms with Crippen molar-refractivity contribution < 1.29 is 4.39 Å². The molecule has 1 heterocycles. The second-order valence-electron chi connectivity index (χ2n) is 6.09. The number of rotatable bonds is 5. The van der Waals surface area contributed by atoms with Crippen molar-refractivity contribution >= 4 is 5.96 Å². The van der Waals surface area contributed by atoms with E-state index in [0.29, 0.717) is 5.92 Å². The third kappa shape index (κ3) is 4.98. The van der Waals surface area contributed by atoms with Crippen molar-refractivity contribution in [2.45, 2.75) is 19.9 Å². The van der Waals surface area contributed by atoms with Crippen molar-refractivity contribution in [3.05, 3.63) is 35.6 Å². The van der Waals surface area contributed by atoms with Crippen LogP contribution in [0.2, 0.25) is 0 Å². The molecule has 0 radical (unpaired) electrons. The summed E-state index contributed by atoms with van der Waals surface area (Å²) < 4.78 is 13.0. The molecule has 1 aromatic carbocycles. The standard InChI is InChI=1S/C17H27FN4/c1-4-19-17(20-11-15-9-10-21(2)12-15)22(3)13-14-5-7-16(18)8-6-14/h5-8,15H,4,9-13H2,1-3H3,(H,19,20). The smallest absolute Gasteiger partial charge is 0.193 e.